The van der Waals surface area contributed by atoms with Crippen LogP contribution in [0.25, 0.3) is 11.1 Å². The van der Waals surface area contributed by atoms with Crippen molar-refractivity contribution in [2.45, 2.75) is 18.3 Å². The molecule has 4 aromatic rings. The van der Waals surface area contributed by atoms with Gasteiger partial charge in [-0.25, -0.2) is 0 Å². The summed E-state index contributed by atoms with van der Waals surface area (Å²) in [6.07, 6.45) is 9.27. The summed E-state index contributed by atoms with van der Waals surface area (Å²) in [5.41, 5.74) is 14.7. The van der Waals surface area contributed by atoms with Crippen LogP contribution in [-0.2, 0) is 18.3 Å². The molecule has 0 unspecified atom stereocenters. The summed E-state index contributed by atoms with van der Waals surface area (Å²) in [5.74, 6) is 0. The van der Waals surface area contributed by atoms with Crippen LogP contribution in [0.5, 0.6) is 0 Å². The molecule has 1 aliphatic carbocycles. The lowest BCUT2D eigenvalue weighted by molar-refractivity contribution is 0.519. The molecule has 0 atom stereocenters. The van der Waals surface area contributed by atoms with Crippen molar-refractivity contribution in [3.05, 3.63) is 114 Å². The van der Waals surface area contributed by atoms with Crippen molar-refractivity contribution in [3.8, 4) is 11.1 Å². The second kappa shape index (κ2) is 6.61. The summed E-state index contributed by atoms with van der Waals surface area (Å²) in [6, 6.07) is 23.5. The summed E-state index contributed by atoms with van der Waals surface area (Å²) in [6.45, 7) is 0. The van der Waals surface area contributed by atoms with Crippen molar-refractivity contribution in [1.82, 2.24) is 9.97 Å². The fourth-order valence-corrected chi connectivity index (χ4v) is 4.61. The highest BCUT2D eigenvalue weighted by molar-refractivity contribution is 5.83. The van der Waals surface area contributed by atoms with Gasteiger partial charge in [-0.15, -0.1) is 0 Å². The summed E-state index contributed by atoms with van der Waals surface area (Å²) in [7, 11) is 0. The van der Waals surface area contributed by atoms with E-state index in [-0.39, 0.29) is 5.41 Å². The molecule has 3 heteroatoms. The number of nitrogens with zero attached hydrogens (tertiary/aromatic N) is 2. The van der Waals surface area contributed by atoms with E-state index in [0.717, 1.165) is 18.5 Å². The Labute approximate surface area is 164 Å². The number of aromatic nitrogens is 2. The molecule has 5 rings (SSSR count). The van der Waals surface area contributed by atoms with Gasteiger partial charge in [0, 0.05) is 35.9 Å². The van der Waals surface area contributed by atoms with E-state index in [1.54, 1.807) is 0 Å². The number of hydrogen-bond acceptors (Lipinski definition) is 3. The molecule has 0 aliphatic heterocycles. The molecule has 0 bridgehead atoms. The summed E-state index contributed by atoms with van der Waals surface area (Å²) >= 11 is 0. The maximum atomic E-state index is 6.25. The number of benzene rings is 2. The summed E-state index contributed by atoms with van der Waals surface area (Å²) < 4.78 is 0. The minimum Gasteiger partial charge on any atom is -0.399 e. The second-order valence-electron chi connectivity index (χ2n) is 7.50. The number of hydrogen-bond donors (Lipinski definition) is 1. The molecule has 2 aromatic carbocycles. The Bertz CT molecular complexity index is 1080. The van der Waals surface area contributed by atoms with Gasteiger partial charge >= 0.3 is 0 Å². The molecule has 0 spiro atoms. The zero-order valence-corrected chi connectivity index (χ0v) is 15.5. The molecule has 1 aliphatic rings. The normalized spacial score (nSPS) is 13.7. The Kier molecular flexibility index (Phi) is 3.94. The highest BCUT2D eigenvalue weighted by Gasteiger charge is 2.43. The van der Waals surface area contributed by atoms with Gasteiger partial charge in [0.25, 0.3) is 0 Å². The first-order valence-electron chi connectivity index (χ1n) is 9.54. The lowest BCUT2D eigenvalue weighted by Crippen LogP contribution is -2.31. The standard InChI is InChI=1S/C25H21N3/c26-20-5-6-22-21-3-1-2-4-23(21)25(24(22)15-20,16-18-7-11-27-12-8-18)17-19-9-13-28-14-10-19/h1-15H,16-17,26H2. The Morgan fingerprint density at radius 2 is 1.21 bits per heavy atom. The summed E-state index contributed by atoms with van der Waals surface area (Å²) in [4.78, 5) is 8.40. The van der Waals surface area contributed by atoms with Crippen molar-refractivity contribution in [2.75, 3.05) is 5.73 Å². The van der Waals surface area contributed by atoms with Crippen LogP contribution in [0.2, 0.25) is 0 Å². The first kappa shape index (κ1) is 16.7. The molecule has 2 N–H and O–H groups in total. The van der Waals surface area contributed by atoms with Crippen molar-refractivity contribution < 1.29 is 0 Å². The monoisotopic (exact) mass is 363 g/mol. The SMILES string of the molecule is Nc1ccc2c(c1)C(Cc1ccncc1)(Cc1ccncc1)c1ccccc1-2. The molecule has 0 saturated heterocycles. The molecular weight excluding hydrogens is 342 g/mol. The Morgan fingerprint density at radius 1 is 0.643 bits per heavy atom. The molecule has 2 aromatic heterocycles. The Balaban J connectivity index is 1.77. The second-order valence-corrected chi connectivity index (χ2v) is 7.50. The highest BCUT2D eigenvalue weighted by atomic mass is 14.6. The summed E-state index contributed by atoms with van der Waals surface area (Å²) in [5, 5.41) is 0. The molecule has 0 amide bonds. The van der Waals surface area contributed by atoms with Crippen molar-refractivity contribution in [1.29, 1.82) is 0 Å². The molecule has 0 fully saturated rings. The van der Waals surface area contributed by atoms with E-state index in [1.165, 1.54) is 33.4 Å². The smallest absolute Gasteiger partial charge is 0.0317 e. The highest BCUT2D eigenvalue weighted by Crippen LogP contribution is 2.52. The van der Waals surface area contributed by atoms with Gasteiger partial charge in [-0.1, -0.05) is 30.3 Å². The average molecular weight is 363 g/mol. The van der Waals surface area contributed by atoms with E-state index < -0.39 is 0 Å². The van der Waals surface area contributed by atoms with E-state index in [4.69, 9.17) is 5.73 Å². The largest absolute Gasteiger partial charge is 0.399 e. The van der Waals surface area contributed by atoms with Gasteiger partial charge in [-0.3, -0.25) is 9.97 Å². The number of nitrogen functional groups attached to an aromatic ring is 1. The van der Waals surface area contributed by atoms with Crippen LogP contribution in [-0.4, -0.2) is 9.97 Å². The van der Waals surface area contributed by atoms with Crippen LogP contribution in [0, 0.1) is 0 Å². The zero-order chi connectivity index (χ0) is 19.0. The van der Waals surface area contributed by atoms with Crippen molar-refractivity contribution >= 4 is 5.69 Å². The van der Waals surface area contributed by atoms with Gasteiger partial charge in [0.15, 0.2) is 0 Å². The van der Waals surface area contributed by atoms with Gasteiger partial charge in [-0.05, 0) is 82.6 Å². The molecule has 0 radical (unpaired) electrons. The lowest BCUT2D eigenvalue weighted by Gasteiger charge is -2.33. The Hall–Kier alpha value is -3.46. The van der Waals surface area contributed by atoms with Crippen LogP contribution >= 0.6 is 0 Å². The van der Waals surface area contributed by atoms with Crippen LogP contribution < -0.4 is 5.73 Å². The Morgan fingerprint density at radius 3 is 1.86 bits per heavy atom. The predicted octanol–water partition coefficient (Wildman–Crippen LogP) is 4.81. The molecule has 0 saturated carbocycles. The lowest BCUT2D eigenvalue weighted by atomic mass is 9.69. The average Bonchev–Trinajstić information content (AvgIpc) is 2.99. The molecule has 136 valence electrons. The predicted molar refractivity (Wildman–Crippen MR) is 113 cm³/mol. The third kappa shape index (κ3) is 2.67. The van der Waals surface area contributed by atoms with E-state index in [1.807, 2.05) is 30.9 Å². The molecule has 28 heavy (non-hydrogen) atoms. The fraction of sp³-hybridized carbons (Fsp3) is 0.120. The topological polar surface area (TPSA) is 51.8 Å². The molecule has 3 nitrogen and oxygen atoms in total. The van der Waals surface area contributed by atoms with Gasteiger partial charge < -0.3 is 5.73 Å². The molecule has 2 heterocycles. The van der Waals surface area contributed by atoms with E-state index in [9.17, 15) is 0 Å². The number of nitrogens with two attached hydrogens (primary N) is 1. The van der Waals surface area contributed by atoms with Crippen molar-refractivity contribution in [3.63, 3.8) is 0 Å². The van der Waals surface area contributed by atoms with Gasteiger partial charge in [0.05, 0.1) is 0 Å². The third-order valence-electron chi connectivity index (χ3n) is 5.80. The van der Waals surface area contributed by atoms with Crippen molar-refractivity contribution in [2.24, 2.45) is 0 Å². The van der Waals surface area contributed by atoms with E-state index in [2.05, 4.69) is 70.6 Å². The van der Waals surface area contributed by atoms with E-state index >= 15 is 0 Å². The number of pyridine rings is 2. The van der Waals surface area contributed by atoms with Crippen LogP contribution in [0.3, 0.4) is 0 Å². The fourth-order valence-electron chi connectivity index (χ4n) is 4.61. The minimum absolute atomic E-state index is 0.177. The third-order valence-corrected chi connectivity index (χ3v) is 5.80. The van der Waals surface area contributed by atoms with Crippen LogP contribution in [0.15, 0.2) is 91.5 Å². The number of anilines is 1. The van der Waals surface area contributed by atoms with Gasteiger partial charge in [0.2, 0.25) is 0 Å². The minimum atomic E-state index is -0.177. The quantitative estimate of drug-likeness (QED) is 0.529. The molecular formula is C25H21N3. The number of fused-ring (bicyclic) bond motifs is 3. The van der Waals surface area contributed by atoms with Crippen LogP contribution in [0.1, 0.15) is 22.3 Å². The van der Waals surface area contributed by atoms with E-state index in [0.29, 0.717) is 0 Å². The number of rotatable bonds is 4. The first-order chi connectivity index (χ1) is 13.8. The van der Waals surface area contributed by atoms with Gasteiger partial charge in [-0.2, -0.15) is 0 Å². The maximum absolute atomic E-state index is 6.25. The van der Waals surface area contributed by atoms with Gasteiger partial charge in [0.1, 0.15) is 0 Å². The first-order valence-corrected chi connectivity index (χ1v) is 9.54. The maximum Gasteiger partial charge on any atom is 0.0317 e. The zero-order valence-electron chi connectivity index (χ0n) is 15.5. The van der Waals surface area contributed by atoms with Crippen LogP contribution in [0.4, 0.5) is 5.69 Å².